The van der Waals surface area contributed by atoms with E-state index in [0.717, 1.165) is 0 Å². The number of ether oxygens (including phenoxy) is 2. The zero-order valence-electron chi connectivity index (χ0n) is 22.7. The Morgan fingerprint density at radius 3 is 1.36 bits per heavy atom. The molecule has 0 aliphatic carbocycles. The third-order valence-electron chi connectivity index (χ3n) is 4.00. The molecule has 0 fully saturated rings. The molecule has 0 amide bonds. The van der Waals surface area contributed by atoms with Gasteiger partial charge in [0.2, 0.25) is 16.4 Å². The van der Waals surface area contributed by atoms with Crippen molar-refractivity contribution in [1.82, 2.24) is 15.0 Å². The lowest BCUT2D eigenvalue weighted by Crippen LogP contribution is -2.32. The number of hydrogen-bond donors (Lipinski definition) is 0. The zero-order valence-corrected chi connectivity index (χ0v) is 28.3. The first-order chi connectivity index (χ1) is 17.9. The molecule has 1 heterocycles. The van der Waals surface area contributed by atoms with Crippen LogP contribution in [0.15, 0.2) is 0 Å². The van der Waals surface area contributed by atoms with Crippen molar-refractivity contribution in [1.29, 1.82) is 0 Å². The van der Waals surface area contributed by atoms with E-state index in [0.29, 0.717) is 0 Å². The van der Waals surface area contributed by atoms with Crippen LogP contribution in [0.4, 0.5) is 0 Å². The molecule has 0 N–H and O–H groups in total. The van der Waals surface area contributed by atoms with Crippen LogP contribution in [0.25, 0.3) is 0 Å². The molecule has 1 aromatic rings. The fourth-order valence-corrected chi connectivity index (χ4v) is 6.37. The number of hydrogen-bond acceptors (Lipinski definition) is 11. The summed E-state index contributed by atoms with van der Waals surface area (Å²) in [6.45, 7) is 10.4. The van der Waals surface area contributed by atoms with Gasteiger partial charge in [-0.05, 0) is 53.1 Å². The van der Waals surface area contributed by atoms with Crippen LogP contribution in [0.3, 0.4) is 0 Å². The molecule has 0 saturated heterocycles. The summed E-state index contributed by atoms with van der Waals surface area (Å²) in [7, 11) is -8.60. The monoisotopic (exact) mass is 695 g/mol. The standard InChI is InChI=1S/C21H36Cl5N3O8P2/c1-20(2,3)32-11-15(24)13-36-39(31,37-14-16(25)12-33-21(4,5)6)19-28-17(26)27-18(29-19)38(30,34-9-7-22)35-10-8-23/h15-16H,7-14H2,1-6H3. The van der Waals surface area contributed by atoms with Gasteiger partial charge < -0.3 is 27.6 Å². The van der Waals surface area contributed by atoms with Crippen LogP contribution in [0.5, 0.6) is 0 Å². The van der Waals surface area contributed by atoms with E-state index in [1.807, 2.05) is 41.5 Å². The minimum atomic E-state index is -4.39. The minimum Gasteiger partial charge on any atom is -0.374 e. The van der Waals surface area contributed by atoms with Crippen LogP contribution >= 0.6 is 73.2 Å². The fourth-order valence-electron chi connectivity index (χ4n) is 2.32. The second-order valence-corrected chi connectivity index (χ2v) is 16.0. The number of rotatable bonds is 18. The van der Waals surface area contributed by atoms with Gasteiger partial charge in [0.25, 0.3) is 0 Å². The van der Waals surface area contributed by atoms with E-state index in [1.54, 1.807) is 0 Å². The third kappa shape index (κ3) is 15.1. The Labute approximate surface area is 255 Å². The van der Waals surface area contributed by atoms with Crippen molar-refractivity contribution in [2.24, 2.45) is 0 Å². The van der Waals surface area contributed by atoms with Crippen LogP contribution < -0.4 is 11.1 Å². The highest BCUT2D eigenvalue weighted by Gasteiger charge is 2.39. The molecule has 0 aliphatic rings. The molecular weight excluding hydrogens is 661 g/mol. The number of halogens is 5. The van der Waals surface area contributed by atoms with Gasteiger partial charge in [0.05, 0.1) is 61.6 Å². The van der Waals surface area contributed by atoms with Gasteiger partial charge in [-0.2, -0.15) is 15.0 Å². The van der Waals surface area contributed by atoms with Crippen molar-refractivity contribution in [3.8, 4) is 0 Å². The van der Waals surface area contributed by atoms with E-state index in [9.17, 15) is 9.13 Å². The van der Waals surface area contributed by atoms with E-state index in [4.69, 9.17) is 85.6 Å². The highest BCUT2D eigenvalue weighted by molar-refractivity contribution is 7.63. The fraction of sp³-hybridized carbons (Fsp3) is 0.857. The Bertz CT molecular complexity index is 940. The quantitative estimate of drug-likeness (QED) is 0.142. The van der Waals surface area contributed by atoms with Crippen molar-refractivity contribution < 1.29 is 36.7 Å². The predicted molar refractivity (Wildman–Crippen MR) is 155 cm³/mol. The van der Waals surface area contributed by atoms with Crippen molar-refractivity contribution >= 4 is 84.3 Å². The number of nitrogens with zero attached hydrogens (tertiary/aromatic N) is 3. The third-order valence-corrected chi connectivity index (χ3v) is 8.38. The average Bonchev–Trinajstić information content (AvgIpc) is 2.84. The first-order valence-electron chi connectivity index (χ1n) is 11.8. The summed E-state index contributed by atoms with van der Waals surface area (Å²) in [6, 6.07) is 0. The van der Waals surface area contributed by atoms with E-state index < -0.39 is 53.6 Å². The Hall–Kier alpha value is 0.680. The molecule has 1 rings (SSSR count). The van der Waals surface area contributed by atoms with Crippen LogP contribution in [-0.4, -0.2) is 88.3 Å². The molecule has 0 bridgehead atoms. The highest BCUT2D eigenvalue weighted by atomic mass is 35.5. The number of alkyl halides is 4. The van der Waals surface area contributed by atoms with Crippen molar-refractivity contribution in [3.05, 3.63) is 5.28 Å². The normalized spacial score (nSPS) is 16.2. The SMILES string of the molecule is CC(C)(C)OCC(Cl)COP(=O)(OCC(Cl)COC(C)(C)C)c1nc(Cl)nc(P(=O)(OCCCl)OCCCl)n1. The van der Waals surface area contributed by atoms with Crippen molar-refractivity contribution in [2.75, 3.05) is 51.4 Å². The predicted octanol–water partition coefficient (Wildman–Crippen LogP) is 5.55. The second-order valence-electron chi connectivity index (χ2n) is 9.88. The molecule has 0 radical (unpaired) electrons. The molecule has 228 valence electrons. The van der Waals surface area contributed by atoms with Gasteiger partial charge in [-0.15, -0.1) is 46.4 Å². The lowest BCUT2D eigenvalue weighted by molar-refractivity contribution is -0.00813. The van der Waals surface area contributed by atoms with Crippen LogP contribution in [0.1, 0.15) is 41.5 Å². The van der Waals surface area contributed by atoms with Gasteiger partial charge in [-0.25, -0.2) is 0 Å². The Morgan fingerprint density at radius 1 is 0.667 bits per heavy atom. The van der Waals surface area contributed by atoms with Gasteiger partial charge in [0.15, 0.2) is 0 Å². The molecule has 0 saturated carbocycles. The zero-order chi connectivity index (χ0) is 29.9. The Kier molecular flexibility index (Phi) is 16.5. The molecule has 0 aliphatic heterocycles. The average molecular weight is 698 g/mol. The first-order valence-corrected chi connectivity index (χ1v) is 17.2. The Morgan fingerprint density at radius 2 is 1.03 bits per heavy atom. The summed E-state index contributed by atoms with van der Waals surface area (Å²) < 4.78 is 60.6. The topological polar surface area (TPSA) is 128 Å². The van der Waals surface area contributed by atoms with Crippen LogP contribution in [0.2, 0.25) is 5.28 Å². The second kappa shape index (κ2) is 17.1. The summed E-state index contributed by atoms with van der Waals surface area (Å²) in [4.78, 5) is 11.8. The summed E-state index contributed by atoms with van der Waals surface area (Å²) in [5, 5.41) is -1.91. The van der Waals surface area contributed by atoms with E-state index in [1.165, 1.54) is 0 Å². The Balaban J connectivity index is 3.33. The van der Waals surface area contributed by atoms with Crippen LogP contribution in [-0.2, 0) is 36.7 Å². The van der Waals surface area contributed by atoms with E-state index in [2.05, 4.69) is 15.0 Å². The molecule has 39 heavy (non-hydrogen) atoms. The maximum Gasteiger partial charge on any atom is 0.398 e. The smallest absolute Gasteiger partial charge is 0.374 e. The maximum absolute atomic E-state index is 14.0. The lowest BCUT2D eigenvalue weighted by Gasteiger charge is -2.24. The summed E-state index contributed by atoms with van der Waals surface area (Å²) in [5.74, 6) is -0.0157. The van der Waals surface area contributed by atoms with Gasteiger partial charge in [0, 0.05) is 11.8 Å². The number of aromatic nitrogens is 3. The molecule has 0 spiro atoms. The first kappa shape index (κ1) is 37.7. The van der Waals surface area contributed by atoms with Crippen LogP contribution in [0, 0.1) is 0 Å². The molecule has 11 nitrogen and oxygen atoms in total. The van der Waals surface area contributed by atoms with E-state index in [-0.39, 0.29) is 51.4 Å². The molecule has 2 unspecified atom stereocenters. The molecule has 2 atom stereocenters. The molecule has 0 aromatic carbocycles. The largest absolute Gasteiger partial charge is 0.398 e. The highest BCUT2D eigenvalue weighted by Crippen LogP contribution is 2.49. The van der Waals surface area contributed by atoms with Gasteiger partial charge >= 0.3 is 15.2 Å². The summed E-state index contributed by atoms with van der Waals surface area (Å²) in [6.07, 6.45) is 0. The minimum absolute atomic E-state index is 0.00783. The molecular formula is C21H36Cl5N3O8P2. The van der Waals surface area contributed by atoms with Crippen molar-refractivity contribution in [3.63, 3.8) is 0 Å². The molecule has 1 aromatic heterocycles. The van der Waals surface area contributed by atoms with Gasteiger partial charge in [0.1, 0.15) is 0 Å². The van der Waals surface area contributed by atoms with Gasteiger partial charge in [-0.3, -0.25) is 9.13 Å². The van der Waals surface area contributed by atoms with Crippen molar-refractivity contribution in [2.45, 2.75) is 63.5 Å². The summed E-state index contributed by atoms with van der Waals surface area (Å²) in [5.41, 5.74) is -2.01. The lowest BCUT2D eigenvalue weighted by atomic mass is 10.2. The van der Waals surface area contributed by atoms with E-state index >= 15 is 0 Å². The summed E-state index contributed by atoms with van der Waals surface area (Å²) >= 11 is 30.1. The maximum atomic E-state index is 14.0. The molecule has 18 heteroatoms. The van der Waals surface area contributed by atoms with Gasteiger partial charge in [-0.1, -0.05) is 0 Å².